The van der Waals surface area contributed by atoms with E-state index in [-0.39, 0.29) is 0 Å². The molecule has 0 aliphatic rings. The summed E-state index contributed by atoms with van der Waals surface area (Å²) < 4.78 is 14.2. The van der Waals surface area contributed by atoms with Crippen molar-refractivity contribution < 1.29 is 4.12 Å². The minimum absolute atomic E-state index is 1.25. The fraction of sp³-hybridized carbons (Fsp3) is 1.00. The molecule has 0 bridgehead atoms. The van der Waals surface area contributed by atoms with E-state index in [2.05, 4.69) is 136 Å². The molecule has 0 aromatic carbocycles. The van der Waals surface area contributed by atoms with Crippen LogP contribution in [0.5, 0.6) is 0 Å². The Labute approximate surface area is 176 Å². The predicted octanol–water partition coefficient (Wildman–Crippen LogP) is 4.74. The van der Waals surface area contributed by atoms with Crippen LogP contribution in [0.4, 0.5) is 0 Å². The topological polar surface area (TPSA) is 9.23 Å². The van der Waals surface area contributed by atoms with E-state index in [1.54, 1.807) is 0 Å². The van der Waals surface area contributed by atoms with Crippen molar-refractivity contribution in [3.8, 4) is 0 Å². The van der Waals surface area contributed by atoms with Crippen LogP contribution in [0.2, 0.25) is 0 Å². The maximum atomic E-state index is 6.75. The van der Waals surface area contributed by atoms with Crippen molar-refractivity contribution in [3.05, 3.63) is 0 Å². The Balaban J connectivity index is 4.74. The summed E-state index contributed by atoms with van der Waals surface area (Å²) in [5, 5.41) is 0. The summed E-state index contributed by atoms with van der Waals surface area (Å²) in [6.45, 7) is 0. The maximum Gasteiger partial charge on any atom is 0.209 e. The fourth-order valence-corrected chi connectivity index (χ4v) is 42.9. The molecular weight excluding hydrogens is 906 g/mol. The van der Waals surface area contributed by atoms with Gasteiger partial charge in [-0.1, -0.05) is 136 Å². The van der Waals surface area contributed by atoms with Gasteiger partial charge in [0.2, 0.25) is 16.6 Å². The Morgan fingerprint density at radius 2 is 0.733 bits per heavy atom. The zero-order valence-corrected chi connectivity index (χ0v) is 22.9. The summed E-state index contributed by atoms with van der Waals surface area (Å²) in [6, 6.07) is 0. The van der Waals surface area contributed by atoms with E-state index >= 15 is 0 Å². The van der Waals surface area contributed by atoms with Crippen molar-refractivity contribution in [1.29, 1.82) is 0 Å². The fourth-order valence-electron chi connectivity index (χ4n) is 0.837. The Morgan fingerprint density at radius 1 is 0.533 bits per heavy atom. The van der Waals surface area contributed by atoms with Crippen molar-refractivity contribution in [2.75, 3.05) is 24.3 Å². The summed E-state index contributed by atoms with van der Waals surface area (Å²) in [6.07, 6.45) is 0. The average Bonchev–Trinajstić information content (AvgIpc) is 2.33. The van der Waals surface area contributed by atoms with E-state index in [1.807, 2.05) is 0 Å². The molecule has 0 rings (SSSR count). The molecule has 0 saturated carbocycles. The zero-order chi connectivity index (χ0) is 11.9. The summed E-state index contributed by atoms with van der Waals surface area (Å²) in [4.78, 5) is 0. The first-order valence-electron chi connectivity index (χ1n) is 4.13. The number of halogens is 6. The molecule has 92 valence electrons. The molecule has 0 saturated heterocycles. The molecule has 1 nitrogen and oxygen atoms in total. The molecule has 15 heavy (non-hydrogen) atoms. The first kappa shape index (κ1) is 19.8. The van der Waals surface area contributed by atoms with E-state index in [0.717, 1.165) is 0 Å². The lowest BCUT2D eigenvalue weighted by Gasteiger charge is -2.37. The zero-order valence-electron chi connectivity index (χ0n) is 7.92. The quantitative estimate of drug-likeness (QED) is 0.195. The van der Waals surface area contributed by atoms with Gasteiger partial charge in [0.15, 0.2) is 0 Å². The van der Waals surface area contributed by atoms with Crippen LogP contribution in [0.15, 0.2) is 0 Å². The van der Waals surface area contributed by atoms with E-state index in [1.165, 1.54) is 24.3 Å². The lowest BCUT2D eigenvalue weighted by atomic mass is 11.8. The molecule has 0 aliphatic carbocycles. The van der Waals surface area contributed by atoms with Crippen LogP contribution in [0.3, 0.4) is 0 Å². The molecule has 9 heteroatoms. The van der Waals surface area contributed by atoms with E-state index in [9.17, 15) is 0 Å². The SMILES string of the molecule is IC[Si](CI)(CI)O[Si](CI)(CI)CI. The molecule has 0 heterocycles. The van der Waals surface area contributed by atoms with Crippen LogP contribution in [0, 0.1) is 0 Å². The smallest absolute Gasteiger partial charge is 0.209 e. The number of alkyl halides is 6. The average molecular weight is 918 g/mol. The van der Waals surface area contributed by atoms with Gasteiger partial charge in [0.1, 0.15) is 0 Å². The predicted molar refractivity (Wildman–Crippen MR) is 126 cm³/mol. The van der Waals surface area contributed by atoms with Gasteiger partial charge in [0.25, 0.3) is 0 Å². The highest BCUT2D eigenvalue weighted by atomic mass is 127. The molecule has 0 fully saturated rings. The third-order valence-corrected chi connectivity index (χ3v) is 33.3. The van der Waals surface area contributed by atoms with Gasteiger partial charge in [-0.3, -0.25) is 0 Å². The van der Waals surface area contributed by atoms with Gasteiger partial charge in [0, 0.05) is 24.3 Å². The van der Waals surface area contributed by atoms with Crippen LogP contribution in [0.1, 0.15) is 0 Å². The molecule has 0 atom stereocenters. The minimum atomic E-state index is -1.41. The highest BCUT2D eigenvalue weighted by molar-refractivity contribution is 14.1. The van der Waals surface area contributed by atoms with Crippen LogP contribution in [0.25, 0.3) is 0 Å². The lowest BCUT2D eigenvalue weighted by molar-refractivity contribution is 0.558. The molecule has 0 aromatic heterocycles. The van der Waals surface area contributed by atoms with Crippen LogP contribution in [-0.4, -0.2) is 40.9 Å². The van der Waals surface area contributed by atoms with Crippen molar-refractivity contribution in [2.45, 2.75) is 0 Å². The first-order chi connectivity index (χ1) is 7.07. The highest BCUT2D eigenvalue weighted by Crippen LogP contribution is 2.25. The van der Waals surface area contributed by atoms with E-state index in [0.29, 0.717) is 0 Å². The van der Waals surface area contributed by atoms with Crippen LogP contribution < -0.4 is 0 Å². The summed E-state index contributed by atoms with van der Waals surface area (Å²) in [7, 11) is -2.82. The van der Waals surface area contributed by atoms with Crippen molar-refractivity contribution in [2.24, 2.45) is 0 Å². The van der Waals surface area contributed by atoms with E-state index < -0.39 is 16.6 Å². The van der Waals surface area contributed by atoms with Gasteiger partial charge in [0.05, 0.1) is 0 Å². The third-order valence-electron chi connectivity index (χ3n) is 1.89. The first-order valence-corrected chi connectivity index (χ1v) is 18.3. The van der Waals surface area contributed by atoms with Crippen molar-refractivity contribution in [3.63, 3.8) is 0 Å². The number of rotatable bonds is 8. The van der Waals surface area contributed by atoms with Crippen molar-refractivity contribution >= 4 is 152 Å². The second kappa shape index (κ2) is 10.5. The van der Waals surface area contributed by atoms with Gasteiger partial charge >= 0.3 is 0 Å². The number of hydrogen-bond acceptors (Lipinski definition) is 1. The monoisotopic (exact) mass is 917 g/mol. The summed E-state index contributed by atoms with van der Waals surface area (Å²) in [5.74, 6) is 0. The lowest BCUT2D eigenvalue weighted by Crippen LogP contribution is -2.59. The van der Waals surface area contributed by atoms with Gasteiger partial charge < -0.3 is 4.12 Å². The maximum absolute atomic E-state index is 6.75. The van der Waals surface area contributed by atoms with Crippen molar-refractivity contribution in [1.82, 2.24) is 0 Å². The van der Waals surface area contributed by atoms with Gasteiger partial charge in [-0.15, -0.1) is 0 Å². The molecule has 0 amide bonds. The Kier molecular flexibility index (Phi) is 13.8. The summed E-state index contributed by atoms with van der Waals surface area (Å²) in [5.41, 5.74) is 0. The molecule has 0 aliphatic heterocycles. The third kappa shape index (κ3) is 6.38. The Morgan fingerprint density at radius 3 is 0.867 bits per heavy atom. The second-order valence-electron chi connectivity index (χ2n) is 3.27. The highest BCUT2D eigenvalue weighted by Gasteiger charge is 2.42. The molecule has 0 aromatic rings. The summed E-state index contributed by atoms with van der Waals surface area (Å²) >= 11 is 15.2. The van der Waals surface area contributed by atoms with Crippen LogP contribution >= 0.6 is 136 Å². The molecule has 0 spiro atoms. The van der Waals surface area contributed by atoms with Gasteiger partial charge in [-0.25, -0.2) is 0 Å². The minimum Gasteiger partial charge on any atom is -0.452 e. The molecule has 0 unspecified atom stereocenters. The van der Waals surface area contributed by atoms with Gasteiger partial charge in [-0.05, 0) is 0 Å². The second-order valence-corrected chi connectivity index (χ2v) is 24.2. The van der Waals surface area contributed by atoms with Crippen LogP contribution in [-0.2, 0) is 4.12 Å². The standard InChI is InChI=1S/C6H12I6OSi2/c7-1-14(2-8,3-9)13-15(4-10,5-11)6-12/h1-6H2. The largest absolute Gasteiger partial charge is 0.452 e. The molecule has 0 N–H and O–H groups in total. The normalized spacial score (nSPS) is 13.2. The number of hydrogen-bond donors (Lipinski definition) is 0. The van der Waals surface area contributed by atoms with E-state index in [4.69, 9.17) is 4.12 Å². The Bertz CT molecular complexity index is 140. The molecular formula is C6H12I6OSi2. The molecule has 0 radical (unpaired) electrons. The van der Waals surface area contributed by atoms with Gasteiger partial charge in [-0.2, -0.15) is 0 Å². The Hall–Kier alpha value is 4.77.